The zero-order valence-corrected chi connectivity index (χ0v) is 25.9. The van der Waals surface area contributed by atoms with Crippen LogP contribution in [0.5, 0.6) is 0 Å². The number of benzene rings is 1. The van der Waals surface area contributed by atoms with E-state index in [1.165, 1.54) is 6.42 Å². The van der Waals surface area contributed by atoms with E-state index in [0.717, 1.165) is 43.9 Å². The van der Waals surface area contributed by atoms with Gasteiger partial charge in [-0.15, -0.1) is 0 Å². The Labute approximate surface area is 234 Å². The zero-order valence-electron chi connectivity index (χ0n) is 24.3. The highest BCUT2D eigenvalue weighted by Crippen LogP contribution is 2.39. The Bertz CT molecular complexity index is 726. The molecule has 0 radical (unpaired) electrons. The van der Waals surface area contributed by atoms with Gasteiger partial charge in [0.15, 0.2) is 0 Å². The maximum Gasteiger partial charge on any atom is 0.251 e. The van der Waals surface area contributed by atoms with Gasteiger partial charge in [0.25, 0.3) is 5.91 Å². The third kappa shape index (κ3) is 19.9. The first-order valence-corrected chi connectivity index (χ1v) is 16.0. The Hall–Kier alpha value is -0.770. The SMILES string of the molecule is CC(C)CCCOCCOCCOC(CCc1cccc(C(=O)NCCNC(C)C)c1)SSC(C)(C)C. The summed E-state index contributed by atoms with van der Waals surface area (Å²) >= 11 is 0. The summed E-state index contributed by atoms with van der Waals surface area (Å²) in [6.07, 6.45) is 4.03. The van der Waals surface area contributed by atoms with E-state index in [9.17, 15) is 4.79 Å². The number of rotatable bonds is 21. The molecule has 0 bridgehead atoms. The van der Waals surface area contributed by atoms with Crippen molar-refractivity contribution in [3.05, 3.63) is 35.4 Å². The average Bonchev–Trinajstić information content (AvgIpc) is 2.83. The van der Waals surface area contributed by atoms with E-state index in [1.54, 1.807) is 10.8 Å². The summed E-state index contributed by atoms with van der Waals surface area (Å²) in [6, 6.07) is 8.32. The summed E-state index contributed by atoms with van der Waals surface area (Å²) < 4.78 is 17.7. The summed E-state index contributed by atoms with van der Waals surface area (Å²) in [4.78, 5) is 12.5. The summed E-state index contributed by atoms with van der Waals surface area (Å²) in [5, 5.41) is 6.30. The minimum absolute atomic E-state index is 0.0288. The molecule has 1 atom stereocenters. The maximum absolute atomic E-state index is 12.5. The molecule has 1 unspecified atom stereocenters. The van der Waals surface area contributed by atoms with Gasteiger partial charge >= 0.3 is 0 Å². The highest BCUT2D eigenvalue weighted by molar-refractivity contribution is 8.77. The van der Waals surface area contributed by atoms with Crippen molar-refractivity contribution in [1.29, 1.82) is 0 Å². The molecule has 0 aliphatic heterocycles. The van der Waals surface area contributed by atoms with Crippen molar-refractivity contribution in [3.8, 4) is 0 Å². The Kier molecular flexibility index (Phi) is 18.7. The van der Waals surface area contributed by atoms with Crippen molar-refractivity contribution in [3.63, 3.8) is 0 Å². The number of nitrogens with one attached hydrogen (secondary N) is 2. The fourth-order valence-electron chi connectivity index (χ4n) is 3.30. The predicted molar refractivity (Wildman–Crippen MR) is 161 cm³/mol. The van der Waals surface area contributed by atoms with Crippen LogP contribution in [-0.2, 0) is 20.6 Å². The molecule has 0 aliphatic carbocycles. The van der Waals surface area contributed by atoms with Crippen LogP contribution in [0.4, 0.5) is 0 Å². The number of ether oxygens (including phenoxy) is 3. The predicted octanol–water partition coefficient (Wildman–Crippen LogP) is 6.34. The lowest BCUT2D eigenvalue weighted by Gasteiger charge is -2.22. The Morgan fingerprint density at radius 2 is 1.65 bits per heavy atom. The summed E-state index contributed by atoms with van der Waals surface area (Å²) in [7, 11) is 3.62. The second-order valence-electron chi connectivity index (χ2n) is 11.0. The van der Waals surface area contributed by atoms with Gasteiger partial charge in [-0.05, 0) is 49.3 Å². The first-order valence-electron chi connectivity index (χ1n) is 13.8. The molecule has 0 heterocycles. The molecule has 0 aromatic heterocycles. The third-order valence-corrected chi connectivity index (χ3v) is 8.82. The van der Waals surface area contributed by atoms with Crippen molar-refractivity contribution in [1.82, 2.24) is 10.6 Å². The number of carbonyl (C=O) groups is 1. The maximum atomic E-state index is 12.5. The number of aryl methyl sites for hydroxylation is 1. The number of hydrogen-bond donors (Lipinski definition) is 2. The standard InChI is InChI=1S/C29H52N2O4S2/c1-23(2)10-9-17-33-18-19-34-20-21-35-27(36-37-29(5,6)7)14-13-25-11-8-12-26(22-25)28(32)31-16-15-30-24(3)4/h8,11-12,22-24,27,30H,9-10,13-21H2,1-7H3,(H,31,32). The van der Waals surface area contributed by atoms with Crippen molar-refractivity contribution >= 4 is 27.5 Å². The van der Waals surface area contributed by atoms with Crippen molar-refractivity contribution in [2.75, 3.05) is 46.1 Å². The molecule has 8 heteroatoms. The average molecular weight is 557 g/mol. The van der Waals surface area contributed by atoms with E-state index in [4.69, 9.17) is 14.2 Å². The summed E-state index contributed by atoms with van der Waals surface area (Å²) in [5.74, 6) is 0.698. The van der Waals surface area contributed by atoms with Crippen LogP contribution in [-0.4, -0.2) is 68.3 Å². The van der Waals surface area contributed by atoms with Crippen LogP contribution in [0.3, 0.4) is 0 Å². The quantitative estimate of drug-likeness (QED) is 0.104. The largest absolute Gasteiger partial charge is 0.379 e. The lowest BCUT2D eigenvalue weighted by molar-refractivity contribution is 0.00738. The zero-order chi connectivity index (χ0) is 27.5. The molecule has 0 fully saturated rings. The minimum Gasteiger partial charge on any atom is -0.379 e. The van der Waals surface area contributed by atoms with Gasteiger partial charge in [0.2, 0.25) is 0 Å². The Morgan fingerprint density at radius 1 is 0.946 bits per heavy atom. The molecule has 1 aromatic carbocycles. The molecule has 1 aromatic rings. The molecular weight excluding hydrogens is 504 g/mol. The molecule has 0 aliphatic rings. The van der Waals surface area contributed by atoms with E-state index >= 15 is 0 Å². The molecule has 0 spiro atoms. The molecule has 214 valence electrons. The second-order valence-corrected chi connectivity index (χ2v) is 14.1. The topological polar surface area (TPSA) is 68.8 Å². The van der Waals surface area contributed by atoms with Crippen LogP contribution in [0, 0.1) is 5.92 Å². The molecule has 2 N–H and O–H groups in total. The van der Waals surface area contributed by atoms with Crippen LogP contribution >= 0.6 is 21.6 Å². The van der Waals surface area contributed by atoms with E-state index in [-0.39, 0.29) is 16.1 Å². The van der Waals surface area contributed by atoms with Crippen LogP contribution in [0.15, 0.2) is 24.3 Å². The fourth-order valence-corrected chi connectivity index (χ4v) is 5.71. The van der Waals surface area contributed by atoms with E-state index < -0.39 is 0 Å². The molecular formula is C29H52N2O4S2. The van der Waals surface area contributed by atoms with Gasteiger partial charge in [-0.2, -0.15) is 0 Å². The van der Waals surface area contributed by atoms with E-state index in [2.05, 4.69) is 65.2 Å². The molecule has 6 nitrogen and oxygen atoms in total. The van der Waals surface area contributed by atoms with Gasteiger partial charge in [-0.3, -0.25) is 4.79 Å². The monoisotopic (exact) mass is 556 g/mol. The third-order valence-electron chi connectivity index (χ3n) is 5.20. The van der Waals surface area contributed by atoms with Crippen LogP contribution < -0.4 is 10.6 Å². The minimum atomic E-state index is -0.0288. The summed E-state index contributed by atoms with van der Waals surface area (Å²) in [5.41, 5.74) is 1.91. The van der Waals surface area contributed by atoms with Gasteiger partial charge in [0, 0.05) is 36.0 Å². The molecule has 0 saturated heterocycles. The van der Waals surface area contributed by atoms with Gasteiger partial charge in [-0.25, -0.2) is 0 Å². The van der Waals surface area contributed by atoms with Crippen molar-refractivity contribution in [2.45, 2.75) is 90.4 Å². The normalized spacial score (nSPS) is 12.9. The molecule has 1 amide bonds. The van der Waals surface area contributed by atoms with Crippen LogP contribution in [0.1, 0.15) is 83.7 Å². The highest BCUT2D eigenvalue weighted by atomic mass is 33.1. The first kappa shape index (κ1) is 34.3. The summed E-state index contributed by atoms with van der Waals surface area (Å²) in [6.45, 7) is 19.8. The highest BCUT2D eigenvalue weighted by Gasteiger charge is 2.18. The fraction of sp³-hybridized carbons (Fsp3) is 0.759. The van der Waals surface area contributed by atoms with Gasteiger partial charge in [0.1, 0.15) is 5.44 Å². The number of amides is 1. The van der Waals surface area contributed by atoms with Crippen LogP contribution in [0.2, 0.25) is 0 Å². The molecule has 37 heavy (non-hydrogen) atoms. The lowest BCUT2D eigenvalue weighted by atomic mass is 10.1. The van der Waals surface area contributed by atoms with Gasteiger partial charge in [0.05, 0.1) is 26.4 Å². The van der Waals surface area contributed by atoms with Crippen molar-refractivity contribution in [2.24, 2.45) is 5.92 Å². The van der Waals surface area contributed by atoms with Gasteiger partial charge in [-0.1, -0.05) is 82.2 Å². The Balaban J connectivity index is 2.41. The number of carbonyl (C=O) groups excluding carboxylic acids is 1. The van der Waals surface area contributed by atoms with Crippen LogP contribution in [0.25, 0.3) is 0 Å². The second kappa shape index (κ2) is 20.2. The van der Waals surface area contributed by atoms with Crippen molar-refractivity contribution < 1.29 is 19.0 Å². The smallest absolute Gasteiger partial charge is 0.251 e. The molecule has 0 saturated carbocycles. The van der Waals surface area contributed by atoms with Gasteiger partial charge < -0.3 is 24.8 Å². The first-order chi connectivity index (χ1) is 17.6. The van der Waals surface area contributed by atoms with E-state index in [0.29, 0.717) is 44.6 Å². The van der Waals surface area contributed by atoms with E-state index in [1.807, 2.05) is 29.0 Å². The number of hydrogen-bond acceptors (Lipinski definition) is 7. The lowest BCUT2D eigenvalue weighted by Crippen LogP contribution is -2.34. The Morgan fingerprint density at radius 3 is 2.32 bits per heavy atom. The molecule has 1 rings (SSSR count).